The van der Waals surface area contributed by atoms with Crippen LogP contribution in [0.25, 0.3) is 0 Å². The van der Waals surface area contributed by atoms with Gasteiger partial charge in [-0.3, -0.25) is 4.79 Å². The topological polar surface area (TPSA) is 69.2 Å². The first kappa shape index (κ1) is 18.3. The number of thioether (sulfide) groups is 1. The fourth-order valence-corrected chi connectivity index (χ4v) is 2.52. The third kappa shape index (κ3) is 5.42. The third-order valence-corrected chi connectivity index (χ3v) is 3.72. The summed E-state index contributed by atoms with van der Waals surface area (Å²) in [6.07, 6.45) is 0.485. The number of aromatic hydroxyl groups is 1. The van der Waals surface area contributed by atoms with Crippen molar-refractivity contribution in [2.24, 2.45) is 0 Å². The molecule has 0 unspecified atom stereocenters. The van der Waals surface area contributed by atoms with E-state index < -0.39 is 0 Å². The highest BCUT2D eigenvalue weighted by Crippen LogP contribution is 2.16. The van der Waals surface area contributed by atoms with E-state index >= 15 is 0 Å². The van der Waals surface area contributed by atoms with Crippen LogP contribution in [0.3, 0.4) is 0 Å². The lowest BCUT2D eigenvalue weighted by Crippen LogP contribution is -2.25. The average molecular weight is 308 g/mol. The van der Waals surface area contributed by atoms with Crippen LogP contribution in [0.1, 0.15) is 26.3 Å². The number of hydrogen-bond donors (Lipinski definition) is 2. The summed E-state index contributed by atoms with van der Waals surface area (Å²) >= 11 is 1.46. The Bertz CT molecular complexity index is 435. The van der Waals surface area contributed by atoms with Crippen LogP contribution in [-0.2, 0) is 6.42 Å². The number of aromatic amines is 1. The molecular formula is C12H22ClN3O2S. The Morgan fingerprint density at radius 1 is 1.32 bits per heavy atom. The number of hydrogen-bond acceptors (Lipinski definition) is 5. The summed E-state index contributed by atoms with van der Waals surface area (Å²) in [5.41, 5.74) is 0.110. The molecule has 19 heavy (non-hydrogen) atoms. The second-order valence-electron chi connectivity index (χ2n) is 3.90. The van der Waals surface area contributed by atoms with Crippen molar-refractivity contribution in [3.05, 3.63) is 15.9 Å². The van der Waals surface area contributed by atoms with Gasteiger partial charge in [0.1, 0.15) is 0 Å². The Kier molecular flexibility index (Phi) is 8.88. The summed E-state index contributed by atoms with van der Waals surface area (Å²) in [6.45, 7) is 9.03. The van der Waals surface area contributed by atoms with Crippen LogP contribution in [0, 0.1) is 0 Å². The van der Waals surface area contributed by atoms with Gasteiger partial charge in [-0.15, -0.1) is 12.4 Å². The number of H-pyrrole nitrogens is 1. The van der Waals surface area contributed by atoms with Gasteiger partial charge in [0.2, 0.25) is 5.88 Å². The highest BCUT2D eigenvalue weighted by atomic mass is 35.5. The maximum atomic E-state index is 11.6. The Labute approximate surface area is 124 Å². The van der Waals surface area contributed by atoms with Gasteiger partial charge in [0.05, 0.1) is 5.56 Å². The predicted molar refractivity (Wildman–Crippen MR) is 81.7 cm³/mol. The fraction of sp³-hybridized carbons (Fsp3) is 0.667. The summed E-state index contributed by atoms with van der Waals surface area (Å²) in [6, 6.07) is 0. The van der Waals surface area contributed by atoms with E-state index in [1.165, 1.54) is 11.8 Å². The molecule has 0 spiro atoms. The normalized spacial score (nSPS) is 10.5. The van der Waals surface area contributed by atoms with Crippen molar-refractivity contribution in [3.8, 4) is 5.88 Å². The van der Waals surface area contributed by atoms with E-state index in [4.69, 9.17) is 0 Å². The predicted octanol–water partition coefficient (Wildman–Crippen LogP) is 1.89. The van der Waals surface area contributed by atoms with Crippen molar-refractivity contribution in [2.75, 3.05) is 25.4 Å². The molecule has 0 saturated heterocycles. The molecule has 0 aliphatic heterocycles. The minimum absolute atomic E-state index is 0. The molecule has 1 aromatic rings. The van der Waals surface area contributed by atoms with Crippen molar-refractivity contribution < 1.29 is 5.11 Å². The molecular weight excluding hydrogens is 286 g/mol. The van der Waals surface area contributed by atoms with Crippen LogP contribution in [0.4, 0.5) is 0 Å². The van der Waals surface area contributed by atoms with E-state index in [2.05, 4.69) is 28.7 Å². The second-order valence-corrected chi connectivity index (χ2v) is 4.99. The second kappa shape index (κ2) is 9.23. The molecule has 7 heteroatoms. The molecule has 0 bridgehead atoms. The smallest absolute Gasteiger partial charge is 0.258 e. The molecule has 0 aliphatic carbocycles. The van der Waals surface area contributed by atoms with Gasteiger partial charge < -0.3 is 15.0 Å². The summed E-state index contributed by atoms with van der Waals surface area (Å²) in [7, 11) is 0. The third-order valence-electron chi connectivity index (χ3n) is 2.87. The lowest BCUT2D eigenvalue weighted by atomic mass is 10.2. The minimum atomic E-state index is -0.240. The van der Waals surface area contributed by atoms with E-state index in [-0.39, 0.29) is 23.8 Å². The van der Waals surface area contributed by atoms with Crippen LogP contribution in [0.15, 0.2) is 9.95 Å². The highest BCUT2D eigenvalue weighted by molar-refractivity contribution is 7.99. The Hall–Kier alpha value is -0.720. The zero-order valence-electron chi connectivity index (χ0n) is 11.6. The van der Waals surface area contributed by atoms with Crippen LogP contribution < -0.4 is 5.56 Å². The average Bonchev–Trinajstić information content (AvgIpc) is 2.34. The van der Waals surface area contributed by atoms with E-state index in [0.29, 0.717) is 17.1 Å². The molecule has 1 aromatic heterocycles. The molecule has 2 N–H and O–H groups in total. The number of nitrogens with one attached hydrogen (secondary N) is 1. The van der Waals surface area contributed by atoms with Gasteiger partial charge >= 0.3 is 0 Å². The zero-order chi connectivity index (χ0) is 13.5. The van der Waals surface area contributed by atoms with Crippen molar-refractivity contribution in [1.29, 1.82) is 0 Å². The fourth-order valence-electron chi connectivity index (χ4n) is 1.66. The maximum Gasteiger partial charge on any atom is 0.258 e. The van der Waals surface area contributed by atoms with Gasteiger partial charge in [-0.2, -0.15) is 4.98 Å². The van der Waals surface area contributed by atoms with Crippen LogP contribution >= 0.6 is 24.2 Å². The van der Waals surface area contributed by atoms with Gasteiger partial charge in [0.15, 0.2) is 5.16 Å². The first-order valence-corrected chi connectivity index (χ1v) is 7.28. The molecule has 0 saturated carbocycles. The van der Waals surface area contributed by atoms with Crippen LogP contribution in [0.2, 0.25) is 0 Å². The van der Waals surface area contributed by atoms with E-state index in [9.17, 15) is 9.90 Å². The van der Waals surface area contributed by atoms with Gasteiger partial charge in [-0.05, 0) is 19.5 Å². The Morgan fingerprint density at radius 2 is 1.95 bits per heavy atom. The largest absolute Gasteiger partial charge is 0.493 e. The van der Waals surface area contributed by atoms with Gasteiger partial charge in [0.25, 0.3) is 5.56 Å². The van der Waals surface area contributed by atoms with E-state index in [1.54, 1.807) is 0 Å². The van der Waals surface area contributed by atoms with Gasteiger partial charge in [-0.1, -0.05) is 32.5 Å². The lowest BCUT2D eigenvalue weighted by molar-refractivity contribution is 0.324. The Morgan fingerprint density at radius 3 is 2.42 bits per heavy atom. The highest BCUT2D eigenvalue weighted by Gasteiger charge is 2.09. The number of rotatable bonds is 7. The molecule has 0 amide bonds. The monoisotopic (exact) mass is 307 g/mol. The van der Waals surface area contributed by atoms with Crippen molar-refractivity contribution in [3.63, 3.8) is 0 Å². The van der Waals surface area contributed by atoms with Gasteiger partial charge in [-0.25, -0.2) is 0 Å². The van der Waals surface area contributed by atoms with E-state index in [1.807, 2.05) is 6.92 Å². The number of nitrogens with zero attached hydrogens (tertiary/aromatic N) is 2. The molecule has 110 valence electrons. The quantitative estimate of drug-likeness (QED) is 0.595. The van der Waals surface area contributed by atoms with Crippen molar-refractivity contribution in [2.45, 2.75) is 32.3 Å². The first-order chi connectivity index (χ1) is 8.62. The minimum Gasteiger partial charge on any atom is -0.493 e. The molecule has 5 nitrogen and oxygen atoms in total. The molecule has 0 atom stereocenters. The first-order valence-electron chi connectivity index (χ1n) is 6.29. The standard InChI is InChI=1S/C12H21N3O2S.ClH/c1-4-9-10(16)13-12(14-11(9)17)18-8-7-15(5-2)6-3;/h4-8H2,1-3H3,(H2,13,14,16,17);1H. The van der Waals surface area contributed by atoms with Crippen molar-refractivity contribution >= 4 is 24.2 Å². The molecule has 0 aliphatic rings. The van der Waals surface area contributed by atoms with Crippen LogP contribution in [-0.4, -0.2) is 45.4 Å². The van der Waals surface area contributed by atoms with Crippen LogP contribution in [0.5, 0.6) is 5.88 Å². The molecule has 1 rings (SSSR count). The van der Waals surface area contributed by atoms with E-state index in [0.717, 1.165) is 25.4 Å². The molecule has 0 radical (unpaired) electrons. The zero-order valence-corrected chi connectivity index (χ0v) is 13.2. The lowest BCUT2D eigenvalue weighted by Gasteiger charge is -2.16. The molecule has 0 fully saturated rings. The summed E-state index contributed by atoms with van der Waals surface area (Å²) in [5, 5.41) is 10.1. The summed E-state index contributed by atoms with van der Waals surface area (Å²) < 4.78 is 0. The molecule has 1 heterocycles. The summed E-state index contributed by atoms with van der Waals surface area (Å²) in [4.78, 5) is 20.6. The molecule has 0 aromatic carbocycles. The Balaban J connectivity index is 0.00000324. The van der Waals surface area contributed by atoms with Crippen molar-refractivity contribution in [1.82, 2.24) is 14.9 Å². The summed E-state index contributed by atoms with van der Waals surface area (Å²) in [5.74, 6) is 0.696. The maximum absolute atomic E-state index is 11.6. The number of halogens is 1. The van der Waals surface area contributed by atoms with Gasteiger partial charge in [0, 0.05) is 12.3 Å². The number of aromatic nitrogens is 2. The SMILES string of the molecule is CCc1c(O)nc(SCCN(CC)CC)[nH]c1=O.Cl.